The van der Waals surface area contributed by atoms with Crippen molar-refractivity contribution in [2.45, 2.75) is 74.7 Å². The van der Waals surface area contributed by atoms with Crippen molar-refractivity contribution >= 4 is 11.8 Å². The number of aliphatic hydroxyl groups is 1. The first kappa shape index (κ1) is 26.7. The third-order valence-corrected chi connectivity index (χ3v) is 2.54. The number of aliphatic hydroxyl groups excluding tert-OH is 1. The fourth-order valence-corrected chi connectivity index (χ4v) is 1.30. The largest absolute Gasteiger partial charge is 0.396 e. The first-order valence-electron chi connectivity index (χ1n) is 8.94. The summed E-state index contributed by atoms with van der Waals surface area (Å²) < 4.78 is 0. The standard InChI is InChI=1S/C9H13NO2.C5H12O.C3H8.C2H6/c1-7(2)5-6-10-8(11)3-4-9(10)12;1-5(2)3-4-6;1-3-2;1-2/h3-4,7H,5-6H2,1-2H3;5-6H,3-4H2,1-2H3;3H2,1-2H3;1-2H3. The molecule has 0 aliphatic carbocycles. The Balaban J connectivity index is -0.000000307. The van der Waals surface area contributed by atoms with Crippen LogP contribution in [-0.2, 0) is 9.59 Å². The summed E-state index contributed by atoms with van der Waals surface area (Å²) in [6.45, 7) is 17.4. The summed E-state index contributed by atoms with van der Waals surface area (Å²) in [5.74, 6) is 0.808. The number of rotatable bonds is 5. The van der Waals surface area contributed by atoms with Crippen molar-refractivity contribution in [3.8, 4) is 0 Å². The van der Waals surface area contributed by atoms with Crippen LogP contribution in [0.5, 0.6) is 0 Å². The lowest BCUT2D eigenvalue weighted by Gasteiger charge is -2.14. The molecule has 1 heterocycles. The third kappa shape index (κ3) is 18.8. The minimum atomic E-state index is -0.180. The van der Waals surface area contributed by atoms with E-state index in [-0.39, 0.29) is 11.8 Å². The summed E-state index contributed by atoms with van der Waals surface area (Å²) in [6, 6.07) is 0. The van der Waals surface area contributed by atoms with Crippen molar-refractivity contribution in [3.63, 3.8) is 0 Å². The lowest BCUT2D eigenvalue weighted by Crippen LogP contribution is -2.31. The second-order valence-corrected chi connectivity index (χ2v) is 5.96. The molecule has 0 bridgehead atoms. The second kappa shape index (κ2) is 18.9. The van der Waals surface area contributed by atoms with Gasteiger partial charge in [0.25, 0.3) is 11.8 Å². The Morgan fingerprint density at radius 1 is 0.913 bits per heavy atom. The van der Waals surface area contributed by atoms with Crippen molar-refractivity contribution in [2.75, 3.05) is 13.2 Å². The third-order valence-electron chi connectivity index (χ3n) is 2.54. The summed E-state index contributed by atoms with van der Waals surface area (Å²) in [7, 11) is 0. The maximum absolute atomic E-state index is 11.0. The van der Waals surface area contributed by atoms with E-state index in [4.69, 9.17) is 5.11 Å². The van der Waals surface area contributed by atoms with Gasteiger partial charge in [-0.05, 0) is 24.7 Å². The van der Waals surface area contributed by atoms with Gasteiger partial charge in [-0.15, -0.1) is 0 Å². The van der Waals surface area contributed by atoms with Gasteiger partial charge >= 0.3 is 0 Å². The molecule has 0 fully saturated rings. The molecule has 4 nitrogen and oxygen atoms in total. The summed E-state index contributed by atoms with van der Waals surface area (Å²) in [5.41, 5.74) is 0. The summed E-state index contributed by atoms with van der Waals surface area (Å²) in [5, 5.41) is 8.24. The second-order valence-electron chi connectivity index (χ2n) is 5.96. The molecule has 0 aromatic heterocycles. The smallest absolute Gasteiger partial charge is 0.253 e. The number of amides is 2. The van der Waals surface area contributed by atoms with Crippen LogP contribution in [0.2, 0.25) is 0 Å². The number of hydrogen-bond acceptors (Lipinski definition) is 3. The van der Waals surface area contributed by atoms with E-state index in [0.29, 0.717) is 25.0 Å². The van der Waals surface area contributed by atoms with E-state index >= 15 is 0 Å². The number of hydrogen-bond donors (Lipinski definition) is 1. The Kier molecular flexibility index (Phi) is 21.9. The van der Waals surface area contributed by atoms with Gasteiger partial charge in [0.1, 0.15) is 0 Å². The molecule has 0 spiro atoms. The minimum absolute atomic E-state index is 0.180. The zero-order valence-electron chi connectivity index (χ0n) is 16.6. The van der Waals surface area contributed by atoms with E-state index in [2.05, 4.69) is 41.5 Å². The molecule has 0 aromatic carbocycles. The van der Waals surface area contributed by atoms with Crippen molar-refractivity contribution in [1.29, 1.82) is 0 Å². The van der Waals surface area contributed by atoms with Crippen LogP contribution in [0.3, 0.4) is 0 Å². The molecule has 0 saturated heterocycles. The Hall–Kier alpha value is -1.16. The zero-order valence-corrected chi connectivity index (χ0v) is 16.6. The Morgan fingerprint density at radius 3 is 1.48 bits per heavy atom. The Labute approximate surface area is 144 Å². The molecule has 4 heteroatoms. The summed E-state index contributed by atoms with van der Waals surface area (Å²) in [6.07, 6.45) is 5.70. The van der Waals surface area contributed by atoms with E-state index in [9.17, 15) is 9.59 Å². The average molecular weight is 330 g/mol. The first-order valence-corrected chi connectivity index (χ1v) is 8.94. The van der Waals surface area contributed by atoms with Crippen molar-refractivity contribution in [1.82, 2.24) is 4.90 Å². The summed E-state index contributed by atoms with van der Waals surface area (Å²) >= 11 is 0. The van der Waals surface area contributed by atoms with E-state index in [1.807, 2.05) is 13.8 Å². The minimum Gasteiger partial charge on any atom is -0.396 e. The van der Waals surface area contributed by atoms with Crippen LogP contribution in [-0.4, -0.2) is 35.0 Å². The number of carbonyl (C=O) groups excluding carboxylic acids is 2. The molecule has 1 N–H and O–H groups in total. The van der Waals surface area contributed by atoms with Gasteiger partial charge in [0, 0.05) is 25.3 Å². The normalized spacial score (nSPS) is 12.4. The van der Waals surface area contributed by atoms with Gasteiger partial charge < -0.3 is 5.11 Å². The fraction of sp³-hybridized carbons (Fsp3) is 0.789. The van der Waals surface area contributed by atoms with Crippen LogP contribution in [0, 0.1) is 11.8 Å². The predicted molar refractivity (Wildman–Crippen MR) is 99.2 cm³/mol. The van der Waals surface area contributed by atoms with Crippen LogP contribution in [0.1, 0.15) is 74.7 Å². The molecule has 0 atom stereocenters. The number of carbonyl (C=O) groups is 2. The first-order chi connectivity index (χ1) is 10.8. The SMILES string of the molecule is CC.CC(C)CCN1C(=O)C=CC1=O.CC(C)CCO.CCC. The topological polar surface area (TPSA) is 57.6 Å². The molecule has 0 unspecified atom stereocenters. The monoisotopic (exact) mass is 329 g/mol. The van der Waals surface area contributed by atoms with Crippen LogP contribution >= 0.6 is 0 Å². The highest BCUT2D eigenvalue weighted by Crippen LogP contribution is 2.07. The Morgan fingerprint density at radius 2 is 1.26 bits per heavy atom. The van der Waals surface area contributed by atoms with Gasteiger partial charge in [-0.3, -0.25) is 14.5 Å². The van der Waals surface area contributed by atoms with E-state index < -0.39 is 0 Å². The van der Waals surface area contributed by atoms with E-state index in [0.717, 1.165) is 12.8 Å². The highest BCUT2D eigenvalue weighted by atomic mass is 16.3. The molecule has 0 radical (unpaired) electrons. The highest BCUT2D eigenvalue weighted by molar-refractivity contribution is 6.12. The molecule has 23 heavy (non-hydrogen) atoms. The van der Waals surface area contributed by atoms with E-state index in [1.165, 1.54) is 23.5 Å². The van der Waals surface area contributed by atoms with Crippen LogP contribution in [0.4, 0.5) is 0 Å². The molecule has 0 aromatic rings. The fourth-order valence-electron chi connectivity index (χ4n) is 1.30. The van der Waals surface area contributed by atoms with Crippen LogP contribution < -0.4 is 0 Å². The van der Waals surface area contributed by atoms with Gasteiger partial charge in [-0.1, -0.05) is 61.8 Å². The highest BCUT2D eigenvalue weighted by Gasteiger charge is 2.22. The van der Waals surface area contributed by atoms with Gasteiger partial charge in [-0.2, -0.15) is 0 Å². The lowest BCUT2D eigenvalue weighted by atomic mass is 10.1. The van der Waals surface area contributed by atoms with Crippen LogP contribution in [0.25, 0.3) is 0 Å². The predicted octanol–water partition coefficient (Wildman–Crippen LogP) is 4.42. The quantitative estimate of drug-likeness (QED) is 0.759. The van der Waals surface area contributed by atoms with Crippen molar-refractivity contribution in [2.24, 2.45) is 11.8 Å². The van der Waals surface area contributed by atoms with Gasteiger partial charge in [0.15, 0.2) is 0 Å². The number of nitrogens with zero attached hydrogens (tertiary/aromatic N) is 1. The number of imide groups is 1. The van der Waals surface area contributed by atoms with E-state index in [1.54, 1.807) is 0 Å². The maximum Gasteiger partial charge on any atom is 0.253 e. The Bertz CT molecular complexity index is 292. The van der Waals surface area contributed by atoms with Gasteiger partial charge in [-0.25, -0.2) is 0 Å². The lowest BCUT2D eigenvalue weighted by molar-refractivity contribution is -0.136. The maximum atomic E-state index is 11.0. The van der Waals surface area contributed by atoms with Crippen molar-refractivity contribution in [3.05, 3.63) is 12.2 Å². The summed E-state index contributed by atoms with van der Waals surface area (Å²) in [4.78, 5) is 23.3. The molecular formula is C19H39NO3. The molecule has 2 amide bonds. The zero-order chi connectivity index (χ0) is 18.8. The molecule has 1 rings (SSSR count). The average Bonchev–Trinajstić information content (AvgIpc) is 2.79. The van der Waals surface area contributed by atoms with Crippen LogP contribution in [0.15, 0.2) is 12.2 Å². The molecule has 1 aliphatic rings. The van der Waals surface area contributed by atoms with Crippen molar-refractivity contribution < 1.29 is 14.7 Å². The molecule has 0 saturated carbocycles. The molecule has 1 aliphatic heterocycles. The molecule has 138 valence electrons. The molecular weight excluding hydrogens is 290 g/mol. The van der Waals surface area contributed by atoms with Gasteiger partial charge in [0.2, 0.25) is 0 Å². The van der Waals surface area contributed by atoms with Gasteiger partial charge in [0.05, 0.1) is 0 Å².